The molecule has 7 heteroatoms. The van der Waals surface area contributed by atoms with Gasteiger partial charge in [0.1, 0.15) is 23.9 Å². The molecule has 2 aliphatic rings. The number of nitrogens with zero attached hydrogens (tertiary/aromatic N) is 3. The standard InChI is InChI=1S/C25H24N4O3/c1-31-18-10-11-19(22(14-18)32-2)24-23-20(28-25-26-15-27-29(24)25)12-17(13-21(23)30)9-8-16-6-4-3-5-7-16/h3-11,14-15,17,24H,12-13H2,1-2H3,(H,26,27,28)/b9-8+/t17-,24-/m1/s1. The molecule has 0 unspecified atom stereocenters. The van der Waals surface area contributed by atoms with Crippen LogP contribution in [0.5, 0.6) is 11.5 Å². The van der Waals surface area contributed by atoms with Gasteiger partial charge in [0.2, 0.25) is 5.95 Å². The maximum atomic E-state index is 13.4. The molecule has 1 aliphatic carbocycles. The average molecular weight is 428 g/mol. The van der Waals surface area contributed by atoms with Crippen molar-refractivity contribution < 1.29 is 14.3 Å². The second kappa shape index (κ2) is 8.34. The zero-order valence-corrected chi connectivity index (χ0v) is 18.0. The van der Waals surface area contributed by atoms with Gasteiger partial charge in [-0.05, 0) is 30.0 Å². The van der Waals surface area contributed by atoms with Gasteiger partial charge in [0.25, 0.3) is 0 Å². The Labute approximate surface area is 186 Å². The lowest BCUT2D eigenvalue weighted by Crippen LogP contribution is -2.33. The minimum absolute atomic E-state index is 0.102. The largest absolute Gasteiger partial charge is 0.497 e. The Kier molecular flexibility index (Phi) is 5.23. The lowest BCUT2D eigenvalue weighted by Gasteiger charge is -2.34. The number of anilines is 1. The van der Waals surface area contributed by atoms with E-state index in [0.717, 1.165) is 28.8 Å². The highest BCUT2D eigenvalue weighted by Crippen LogP contribution is 2.44. The number of methoxy groups -OCH3 is 2. The first-order valence-corrected chi connectivity index (χ1v) is 10.6. The monoisotopic (exact) mass is 428 g/mol. The molecule has 0 saturated heterocycles. The van der Waals surface area contributed by atoms with E-state index in [1.54, 1.807) is 18.9 Å². The Balaban J connectivity index is 1.54. The maximum Gasteiger partial charge on any atom is 0.226 e. The lowest BCUT2D eigenvalue weighted by atomic mass is 9.80. The molecule has 32 heavy (non-hydrogen) atoms. The number of ketones is 1. The van der Waals surface area contributed by atoms with Gasteiger partial charge in [0.05, 0.1) is 14.2 Å². The molecule has 0 amide bonds. The molecule has 1 aliphatic heterocycles. The smallest absolute Gasteiger partial charge is 0.226 e. The van der Waals surface area contributed by atoms with Gasteiger partial charge in [-0.2, -0.15) is 10.1 Å². The van der Waals surface area contributed by atoms with Crippen molar-refractivity contribution in [2.45, 2.75) is 18.9 Å². The van der Waals surface area contributed by atoms with Crippen molar-refractivity contribution in [1.82, 2.24) is 14.8 Å². The Hall–Kier alpha value is -3.87. The van der Waals surface area contributed by atoms with E-state index in [-0.39, 0.29) is 11.7 Å². The van der Waals surface area contributed by atoms with Crippen LogP contribution >= 0.6 is 0 Å². The molecule has 162 valence electrons. The van der Waals surface area contributed by atoms with Crippen LogP contribution in [0.1, 0.15) is 30.0 Å². The summed E-state index contributed by atoms with van der Waals surface area (Å²) in [5.41, 5.74) is 3.58. The molecule has 2 atom stereocenters. The molecule has 0 spiro atoms. The molecule has 5 rings (SSSR count). The number of benzene rings is 2. The van der Waals surface area contributed by atoms with Crippen molar-refractivity contribution in [2.24, 2.45) is 5.92 Å². The third-order valence-electron chi connectivity index (χ3n) is 5.99. The summed E-state index contributed by atoms with van der Waals surface area (Å²) < 4.78 is 12.7. The van der Waals surface area contributed by atoms with E-state index in [1.165, 1.54) is 6.33 Å². The zero-order valence-electron chi connectivity index (χ0n) is 18.0. The maximum absolute atomic E-state index is 13.4. The topological polar surface area (TPSA) is 78.3 Å². The summed E-state index contributed by atoms with van der Waals surface area (Å²) in [6.07, 6.45) is 6.88. The molecule has 3 aromatic rings. The summed E-state index contributed by atoms with van der Waals surface area (Å²) >= 11 is 0. The quantitative estimate of drug-likeness (QED) is 0.654. The predicted molar refractivity (Wildman–Crippen MR) is 122 cm³/mol. The second-order valence-corrected chi connectivity index (χ2v) is 7.92. The van der Waals surface area contributed by atoms with Crippen LogP contribution in [0, 0.1) is 5.92 Å². The number of nitrogens with one attached hydrogen (secondary N) is 1. The number of carbonyl (C=O) groups excluding carboxylic acids is 1. The van der Waals surface area contributed by atoms with Gasteiger partial charge in [-0.1, -0.05) is 42.5 Å². The molecule has 2 heterocycles. The molecule has 0 bridgehead atoms. The highest BCUT2D eigenvalue weighted by Gasteiger charge is 2.39. The summed E-state index contributed by atoms with van der Waals surface area (Å²) in [4.78, 5) is 17.8. The summed E-state index contributed by atoms with van der Waals surface area (Å²) in [5.74, 6) is 2.16. The van der Waals surface area contributed by atoms with Crippen LogP contribution in [0.15, 0.2) is 72.2 Å². The third-order valence-corrected chi connectivity index (χ3v) is 5.99. The minimum Gasteiger partial charge on any atom is -0.497 e. The summed E-state index contributed by atoms with van der Waals surface area (Å²) in [6.45, 7) is 0. The van der Waals surface area contributed by atoms with Crippen LogP contribution in [-0.2, 0) is 4.79 Å². The van der Waals surface area contributed by atoms with E-state index < -0.39 is 6.04 Å². The summed E-state index contributed by atoms with van der Waals surface area (Å²) in [7, 11) is 3.23. The highest BCUT2D eigenvalue weighted by molar-refractivity contribution is 6.00. The van der Waals surface area contributed by atoms with E-state index in [4.69, 9.17) is 9.47 Å². The molecular weight excluding hydrogens is 404 g/mol. The van der Waals surface area contributed by atoms with Gasteiger partial charge in [0.15, 0.2) is 5.78 Å². The number of rotatable bonds is 5. The van der Waals surface area contributed by atoms with Crippen molar-refractivity contribution in [3.63, 3.8) is 0 Å². The summed E-state index contributed by atoms with van der Waals surface area (Å²) in [6, 6.07) is 15.3. The van der Waals surface area contributed by atoms with Gasteiger partial charge in [-0.25, -0.2) is 4.68 Å². The van der Waals surface area contributed by atoms with Crippen LogP contribution in [0.25, 0.3) is 6.08 Å². The van der Waals surface area contributed by atoms with E-state index in [2.05, 4.69) is 39.7 Å². The Morgan fingerprint density at radius 3 is 2.72 bits per heavy atom. The van der Waals surface area contributed by atoms with Crippen molar-refractivity contribution in [3.05, 3.63) is 83.3 Å². The number of aromatic nitrogens is 3. The molecule has 0 radical (unpaired) electrons. The van der Waals surface area contributed by atoms with E-state index in [9.17, 15) is 4.79 Å². The third kappa shape index (κ3) is 3.56. The van der Waals surface area contributed by atoms with Crippen molar-refractivity contribution in [1.29, 1.82) is 0 Å². The molecule has 2 aromatic carbocycles. The molecule has 0 saturated carbocycles. The first kappa shape index (κ1) is 20.1. The van der Waals surface area contributed by atoms with Crippen molar-refractivity contribution in [2.75, 3.05) is 19.5 Å². The number of carbonyl (C=O) groups is 1. The number of Topliss-reactive ketones (excluding diaryl/α,β-unsaturated/α-hetero) is 1. The number of hydrogen-bond donors (Lipinski definition) is 1. The van der Waals surface area contributed by atoms with Crippen LogP contribution in [0.3, 0.4) is 0 Å². The van der Waals surface area contributed by atoms with Crippen molar-refractivity contribution >= 4 is 17.8 Å². The fourth-order valence-electron chi connectivity index (χ4n) is 4.46. The lowest BCUT2D eigenvalue weighted by molar-refractivity contribution is -0.117. The van der Waals surface area contributed by atoms with Crippen LogP contribution in [-0.4, -0.2) is 34.8 Å². The Morgan fingerprint density at radius 2 is 1.94 bits per heavy atom. The second-order valence-electron chi connectivity index (χ2n) is 7.92. The predicted octanol–water partition coefficient (Wildman–Crippen LogP) is 4.26. The number of hydrogen-bond acceptors (Lipinski definition) is 6. The summed E-state index contributed by atoms with van der Waals surface area (Å²) in [5, 5.41) is 7.75. The molecule has 7 nitrogen and oxygen atoms in total. The molecule has 0 fully saturated rings. The van der Waals surface area contributed by atoms with Crippen LogP contribution in [0.2, 0.25) is 0 Å². The normalized spacial score (nSPS) is 20.0. The van der Waals surface area contributed by atoms with E-state index >= 15 is 0 Å². The first-order chi connectivity index (χ1) is 15.7. The van der Waals surface area contributed by atoms with Gasteiger partial charge in [0, 0.05) is 29.3 Å². The number of ether oxygens (including phenoxy) is 2. The van der Waals surface area contributed by atoms with Crippen LogP contribution < -0.4 is 14.8 Å². The van der Waals surface area contributed by atoms with Gasteiger partial charge < -0.3 is 14.8 Å². The van der Waals surface area contributed by atoms with Gasteiger partial charge >= 0.3 is 0 Å². The number of allylic oxidation sites excluding steroid dienone is 3. The van der Waals surface area contributed by atoms with Crippen molar-refractivity contribution in [3.8, 4) is 11.5 Å². The molecule has 1 aromatic heterocycles. The molecule has 1 N–H and O–H groups in total. The SMILES string of the molecule is COc1ccc([C@@H]2C3=C(C[C@@H](/C=C/c4ccccc4)CC3=O)Nc3ncnn32)c(OC)c1. The number of fused-ring (bicyclic) bond motifs is 1. The molecular formula is C25H24N4O3. The van der Waals surface area contributed by atoms with Gasteiger partial charge in [-0.15, -0.1) is 0 Å². The van der Waals surface area contributed by atoms with Gasteiger partial charge in [-0.3, -0.25) is 4.79 Å². The fraction of sp³-hybridized carbons (Fsp3) is 0.240. The Bertz CT molecular complexity index is 1210. The van der Waals surface area contributed by atoms with E-state index in [0.29, 0.717) is 23.9 Å². The Morgan fingerprint density at radius 1 is 1.09 bits per heavy atom. The fourth-order valence-corrected chi connectivity index (χ4v) is 4.46. The van der Waals surface area contributed by atoms with Crippen LogP contribution in [0.4, 0.5) is 5.95 Å². The first-order valence-electron chi connectivity index (χ1n) is 10.6. The average Bonchev–Trinajstić information content (AvgIpc) is 3.30. The highest BCUT2D eigenvalue weighted by atomic mass is 16.5. The zero-order chi connectivity index (χ0) is 22.1. The minimum atomic E-state index is -0.406. The van der Waals surface area contributed by atoms with E-state index in [1.807, 2.05) is 36.4 Å².